The summed E-state index contributed by atoms with van der Waals surface area (Å²) in [5, 5.41) is 4.05. The molecule has 0 fully saturated rings. The second-order valence-corrected chi connectivity index (χ2v) is 4.21. The van der Waals surface area contributed by atoms with Gasteiger partial charge in [0.25, 0.3) is 0 Å². The summed E-state index contributed by atoms with van der Waals surface area (Å²) in [4.78, 5) is 0. The number of rotatable bonds is 9. The summed E-state index contributed by atoms with van der Waals surface area (Å²) >= 11 is 5.79. The minimum absolute atomic E-state index is 0.636. The molecule has 0 atom stereocenters. The minimum Gasteiger partial charge on any atom is -0.385 e. The van der Waals surface area contributed by atoms with Crippen molar-refractivity contribution in [3.05, 3.63) is 34.9 Å². The minimum atomic E-state index is 0.636. The van der Waals surface area contributed by atoms with E-state index in [2.05, 4.69) is 5.32 Å². The molecule has 0 aliphatic rings. The smallest absolute Gasteiger partial charge is 0.0717 e. The maximum absolute atomic E-state index is 5.79. The Labute approximate surface area is 108 Å². The molecule has 0 aliphatic heterocycles. The van der Waals surface area contributed by atoms with Gasteiger partial charge in [0.2, 0.25) is 0 Å². The molecular weight excluding hydrogens is 238 g/mol. The highest BCUT2D eigenvalue weighted by molar-refractivity contribution is 6.30. The lowest BCUT2D eigenvalue weighted by Gasteiger charge is -2.06. The maximum Gasteiger partial charge on any atom is 0.0717 e. The Morgan fingerprint density at radius 2 is 1.88 bits per heavy atom. The van der Waals surface area contributed by atoms with E-state index in [0.717, 1.165) is 43.3 Å². The molecule has 0 heterocycles. The van der Waals surface area contributed by atoms with Crippen LogP contribution in [0.25, 0.3) is 0 Å². The molecule has 1 aromatic rings. The number of hydrogen-bond acceptors (Lipinski definition) is 3. The third kappa shape index (κ3) is 7.34. The monoisotopic (exact) mass is 257 g/mol. The van der Waals surface area contributed by atoms with Crippen LogP contribution in [0.15, 0.2) is 24.3 Å². The van der Waals surface area contributed by atoms with Crippen LogP contribution in [0.5, 0.6) is 0 Å². The van der Waals surface area contributed by atoms with Gasteiger partial charge in [0.05, 0.1) is 13.2 Å². The van der Waals surface area contributed by atoms with E-state index >= 15 is 0 Å². The molecule has 1 aromatic carbocycles. The standard InChI is InChI=1S/C13H20ClNO2/c1-16-9-2-7-15-8-10-17-11-12-3-5-13(14)6-4-12/h3-6,15H,2,7-11H2,1H3. The Bertz CT molecular complexity index is 290. The van der Waals surface area contributed by atoms with Crippen molar-refractivity contribution in [2.75, 3.05) is 33.4 Å². The van der Waals surface area contributed by atoms with Gasteiger partial charge in [0.15, 0.2) is 0 Å². The van der Waals surface area contributed by atoms with E-state index in [1.54, 1.807) is 7.11 Å². The Morgan fingerprint density at radius 1 is 1.12 bits per heavy atom. The van der Waals surface area contributed by atoms with Crippen LogP contribution < -0.4 is 5.32 Å². The molecule has 0 saturated heterocycles. The molecule has 1 N–H and O–H groups in total. The summed E-state index contributed by atoms with van der Waals surface area (Å²) in [7, 11) is 1.72. The van der Waals surface area contributed by atoms with Crippen LogP contribution in [-0.2, 0) is 16.1 Å². The first-order chi connectivity index (χ1) is 8.33. The molecule has 0 aliphatic carbocycles. The summed E-state index contributed by atoms with van der Waals surface area (Å²) in [5.74, 6) is 0. The zero-order chi connectivity index (χ0) is 12.3. The van der Waals surface area contributed by atoms with E-state index < -0.39 is 0 Å². The Balaban J connectivity index is 1.95. The molecule has 17 heavy (non-hydrogen) atoms. The number of halogens is 1. The summed E-state index contributed by atoms with van der Waals surface area (Å²) in [6.07, 6.45) is 1.04. The van der Waals surface area contributed by atoms with Gasteiger partial charge in [-0.1, -0.05) is 23.7 Å². The lowest BCUT2D eigenvalue weighted by atomic mass is 10.2. The van der Waals surface area contributed by atoms with Gasteiger partial charge in [-0.15, -0.1) is 0 Å². The van der Waals surface area contributed by atoms with Crippen LogP contribution in [0.3, 0.4) is 0 Å². The third-order valence-electron chi connectivity index (χ3n) is 2.31. The molecule has 0 unspecified atom stereocenters. The molecule has 96 valence electrons. The molecule has 0 amide bonds. The van der Waals surface area contributed by atoms with Crippen molar-refractivity contribution in [2.24, 2.45) is 0 Å². The van der Waals surface area contributed by atoms with Crippen molar-refractivity contribution in [3.8, 4) is 0 Å². The summed E-state index contributed by atoms with van der Waals surface area (Å²) in [6, 6.07) is 7.72. The van der Waals surface area contributed by atoms with Gasteiger partial charge in [-0.25, -0.2) is 0 Å². The fourth-order valence-corrected chi connectivity index (χ4v) is 1.51. The Kier molecular flexibility index (Phi) is 8.01. The quantitative estimate of drug-likeness (QED) is 0.690. The van der Waals surface area contributed by atoms with E-state index in [0.29, 0.717) is 6.61 Å². The zero-order valence-corrected chi connectivity index (χ0v) is 11.0. The van der Waals surface area contributed by atoms with E-state index in [-0.39, 0.29) is 0 Å². The molecule has 3 nitrogen and oxygen atoms in total. The SMILES string of the molecule is COCCCNCCOCc1ccc(Cl)cc1. The number of hydrogen-bond donors (Lipinski definition) is 1. The van der Waals surface area contributed by atoms with Crippen molar-refractivity contribution in [3.63, 3.8) is 0 Å². The lowest BCUT2D eigenvalue weighted by molar-refractivity contribution is 0.122. The number of benzene rings is 1. The van der Waals surface area contributed by atoms with Crippen LogP contribution in [0.2, 0.25) is 5.02 Å². The Morgan fingerprint density at radius 3 is 2.59 bits per heavy atom. The average Bonchev–Trinajstić information content (AvgIpc) is 2.35. The van der Waals surface area contributed by atoms with Crippen LogP contribution in [0.4, 0.5) is 0 Å². The highest BCUT2D eigenvalue weighted by atomic mass is 35.5. The number of methoxy groups -OCH3 is 1. The first-order valence-corrected chi connectivity index (χ1v) is 6.22. The van der Waals surface area contributed by atoms with Crippen LogP contribution in [-0.4, -0.2) is 33.4 Å². The second-order valence-electron chi connectivity index (χ2n) is 3.78. The average molecular weight is 258 g/mol. The topological polar surface area (TPSA) is 30.5 Å². The molecule has 1 rings (SSSR count). The second kappa shape index (κ2) is 9.42. The molecule has 0 aromatic heterocycles. The highest BCUT2D eigenvalue weighted by Crippen LogP contribution is 2.09. The predicted octanol–water partition coefficient (Wildman–Crippen LogP) is 2.48. The van der Waals surface area contributed by atoms with E-state index in [9.17, 15) is 0 Å². The largest absolute Gasteiger partial charge is 0.385 e. The van der Waals surface area contributed by atoms with Gasteiger partial charge in [-0.05, 0) is 30.7 Å². The van der Waals surface area contributed by atoms with Gasteiger partial charge in [-0.3, -0.25) is 0 Å². The fourth-order valence-electron chi connectivity index (χ4n) is 1.38. The van der Waals surface area contributed by atoms with Crippen molar-refractivity contribution < 1.29 is 9.47 Å². The van der Waals surface area contributed by atoms with Crippen LogP contribution in [0, 0.1) is 0 Å². The molecule has 4 heteroatoms. The van der Waals surface area contributed by atoms with Crippen molar-refractivity contribution in [2.45, 2.75) is 13.0 Å². The molecule has 0 bridgehead atoms. The summed E-state index contributed by atoms with van der Waals surface area (Å²) in [6.45, 7) is 4.00. The van der Waals surface area contributed by atoms with Gasteiger partial charge in [0, 0.05) is 25.3 Å². The van der Waals surface area contributed by atoms with Gasteiger partial charge >= 0.3 is 0 Å². The molecule has 0 radical (unpaired) electrons. The number of ether oxygens (including phenoxy) is 2. The predicted molar refractivity (Wildman–Crippen MR) is 70.5 cm³/mol. The lowest BCUT2D eigenvalue weighted by Crippen LogP contribution is -2.21. The molecular formula is C13H20ClNO2. The summed E-state index contributed by atoms with van der Waals surface area (Å²) in [5.41, 5.74) is 1.15. The van der Waals surface area contributed by atoms with Crippen LogP contribution in [0.1, 0.15) is 12.0 Å². The third-order valence-corrected chi connectivity index (χ3v) is 2.56. The first-order valence-electron chi connectivity index (χ1n) is 5.85. The zero-order valence-electron chi connectivity index (χ0n) is 10.2. The summed E-state index contributed by atoms with van der Waals surface area (Å²) < 4.78 is 10.5. The fraction of sp³-hybridized carbons (Fsp3) is 0.538. The Hall–Kier alpha value is -0.610. The van der Waals surface area contributed by atoms with Gasteiger partial charge in [0.1, 0.15) is 0 Å². The van der Waals surface area contributed by atoms with Crippen molar-refractivity contribution >= 4 is 11.6 Å². The number of nitrogens with one attached hydrogen (secondary N) is 1. The van der Waals surface area contributed by atoms with E-state index in [1.807, 2.05) is 24.3 Å². The van der Waals surface area contributed by atoms with Gasteiger partial charge in [-0.2, -0.15) is 0 Å². The molecule has 0 saturated carbocycles. The van der Waals surface area contributed by atoms with Crippen molar-refractivity contribution in [1.82, 2.24) is 5.32 Å². The van der Waals surface area contributed by atoms with E-state index in [1.165, 1.54) is 0 Å². The van der Waals surface area contributed by atoms with Gasteiger partial charge < -0.3 is 14.8 Å². The van der Waals surface area contributed by atoms with E-state index in [4.69, 9.17) is 21.1 Å². The highest BCUT2D eigenvalue weighted by Gasteiger charge is 1.93. The molecule has 0 spiro atoms. The maximum atomic E-state index is 5.79. The van der Waals surface area contributed by atoms with Crippen LogP contribution >= 0.6 is 11.6 Å². The normalized spacial score (nSPS) is 10.7. The van der Waals surface area contributed by atoms with Crippen molar-refractivity contribution in [1.29, 1.82) is 0 Å². The first kappa shape index (κ1) is 14.5.